The van der Waals surface area contributed by atoms with Crippen LogP contribution in [0.1, 0.15) is 37.0 Å². The van der Waals surface area contributed by atoms with Crippen molar-refractivity contribution >= 4 is 25.6 Å². The molecule has 0 atom stereocenters. The molecule has 0 amide bonds. The molecule has 0 aliphatic carbocycles. The highest BCUT2D eigenvalue weighted by molar-refractivity contribution is 6.74. The molecular formula is C16H24N2O2Si. The van der Waals surface area contributed by atoms with Crippen LogP contribution in [0.5, 0.6) is 0 Å². The maximum atomic E-state index is 10.8. The predicted octanol–water partition coefficient (Wildman–Crippen LogP) is 3.94. The molecule has 114 valence electrons. The second kappa shape index (κ2) is 5.73. The summed E-state index contributed by atoms with van der Waals surface area (Å²) < 4.78 is 6.21. The molecule has 1 N–H and O–H groups in total. The topological polar surface area (TPSA) is 55.0 Å². The van der Waals surface area contributed by atoms with Gasteiger partial charge < -0.3 is 9.41 Å². The minimum Gasteiger partial charge on any atom is -0.416 e. The van der Waals surface area contributed by atoms with E-state index in [1.54, 1.807) is 0 Å². The van der Waals surface area contributed by atoms with Crippen LogP contribution >= 0.6 is 0 Å². The average molecular weight is 304 g/mol. The molecule has 0 aliphatic rings. The minimum atomic E-state index is -1.71. The molecule has 1 heterocycles. The van der Waals surface area contributed by atoms with Crippen molar-refractivity contribution in [2.75, 3.05) is 6.61 Å². The van der Waals surface area contributed by atoms with Crippen LogP contribution in [0.4, 0.5) is 0 Å². The molecule has 0 saturated carbocycles. The fourth-order valence-electron chi connectivity index (χ4n) is 2.00. The number of nitrogens with one attached hydrogen (secondary N) is 1. The number of hydrogen-bond acceptors (Lipinski definition) is 3. The monoisotopic (exact) mass is 304 g/mol. The smallest absolute Gasteiger partial charge is 0.191 e. The second-order valence-electron chi connectivity index (χ2n) is 6.91. The van der Waals surface area contributed by atoms with Gasteiger partial charge in [0.15, 0.2) is 20.4 Å². The summed E-state index contributed by atoms with van der Waals surface area (Å²) in [6.07, 6.45) is 1.56. The van der Waals surface area contributed by atoms with Gasteiger partial charge in [-0.3, -0.25) is 4.79 Å². The number of nitrogens with zero attached hydrogens (tertiary/aromatic N) is 1. The third-order valence-electron chi connectivity index (χ3n) is 4.37. The van der Waals surface area contributed by atoms with Crippen LogP contribution in [-0.4, -0.2) is 31.2 Å². The van der Waals surface area contributed by atoms with Crippen LogP contribution in [0.2, 0.25) is 18.1 Å². The van der Waals surface area contributed by atoms with Gasteiger partial charge in [-0.25, -0.2) is 4.98 Å². The lowest BCUT2D eigenvalue weighted by Crippen LogP contribution is -2.41. The first-order chi connectivity index (χ1) is 9.74. The van der Waals surface area contributed by atoms with Crippen molar-refractivity contribution in [3.05, 3.63) is 29.6 Å². The lowest BCUT2D eigenvalue weighted by Gasteiger charge is -2.36. The van der Waals surface area contributed by atoms with Gasteiger partial charge >= 0.3 is 0 Å². The van der Waals surface area contributed by atoms with Crippen LogP contribution < -0.4 is 0 Å². The highest BCUT2D eigenvalue weighted by Crippen LogP contribution is 2.36. The first-order valence-electron chi connectivity index (χ1n) is 7.31. The number of hydrogen-bond donors (Lipinski definition) is 1. The van der Waals surface area contributed by atoms with E-state index in [2.05, 4.69) is 43.8 Å². The second-order valence-corrected chi connectivity index (χ2v) is 11.7. The molecule has 4 nitrogen and oxygen atoms in total. The molecule has 0 radical (unpaired) electrons. The molecule has 0 bridgehead atoms. The number of aromatic nitrogens is 2. The van der Waals surface area contributed by atoms with E-state index in [4.69, 9.17) is 4.43 Å². The Hall–Kier alpha value is -1.46. The first kappa shape index (κ1) is 15.9. The van der Waals surface area contributed by atoms with Crippen molar-refractivity contribution in [2.24, 2.45) is 0 Å². The lowest BCUT2D eigenvalue weighted by atomic mass is 10.1. The molecule has 1 aromatic carbocycles. The molecule has 21 heavy (non-hydrogen) atoms. The lowest BCUT2D eigenvalue weighted by molar-refractivity contribution is 0.111. The van der Waals surface area contributed by atoms with E-state index in [0.717, 1.165) is 29.3 Å². The van der Waals surface area contributed by atoms with E-state index in [-0.39, 0.29) is 5.04 Å². The van der Waals surface area contributed by atoms with Crippen LogP contribution in [-0.2, 0) is 10.8 Å². The average Bonchev–Trinajstić information content (AvgIpc) is 2.81. The van der Waals surface area contributed by atoms with Gasteiger partial charge in [-0.1, -0.05) is 32.9 Å². The Morgan fingerprint density at radius 1 is 1.33 bits per heavy atom. The molecule has 1 aromatic heterocycles. The van der Waals surface area contributed by atoms with Crippen LogP contribution in [0.15, 0.2) is 18.2 Å². The highest BCUT2D eigenvalue weighted by Gasteiger charge is 2.36. The Balaban J connectivity index is 2.11. The SMILES string of the molecule is CC(C)(C)[Si](C)(C)OCCc1cccc2[nH]c(C=O)nc12. The van der Waals surface area contributed by atoms with Crippen LogP contribution in [0.3, 0.4) is 0 Å². The molecule has 5 heteroatoms. The number of rotatable bonds is 5. The normalized spacial score (nSPS) is 12.8. The largest absolute Gasteiger partial charge is 0.416 e. The number of aromatic amines is 1. The molecule has 0 spiro atoms. The number of benzene rings is 1. The van der Waals surface area contributed by atoms with E-state index in [0.29, 0.717) is 12.4 Å². The van der Waals surface area contributed by atoms with Crippen LogP contribution in [0, 0.1) is 0 Å². The van der Waals surface area contributed by atoms with Gasteiger partial charge in [0.2, 0.25) is 0 Å². The third-order valence-corrected chi connectivity index (χ3v) is 8.90. The molecule has 0 saturated heterocycles. The summed E-state index contributed by atoms with van der Waals surface area (Å²) in [5.41, 5.74) is 2.90. The van der Waals surface area contributed by atoms with Gasteiger partial charge in [0.1, 0.15) is 0 Å². The van der Waals surface area contributed by atoms with Crippen molar-refractivity contribution < 1.29 is 9.22 Å². The van der Waals surface area contributed by atoms with Gasteiger partial charge in [0.05, 0.1) is 11.0 Å². The Labute approximate surface area is 127 Å². The Bertz CT molecular complexity index is 641. The fourth-order valence-corrected chi connectivity index (χ4v) is 3.05. The predicted molar refractivity (Wildman–Crippen MR) is 88.3 cm³/mol. The zero-order valence-corrected chi connectivity index (χ0v) is 14.5. The van der Waals surface area contributed by atoms with Crippen molar-refractivity contribution in [2.45, 2.75) is 45.3 Å². The summed E-state index contributed by atoms with van der Waals surface area (Å²) in [6.45, 7) is 11.9. The number of aldehydes is 1. The van der Waals surface area contributed by atoms with Gasteiger partial charge in [-0.2, -0.15) is 0 Å². The Kier molecular flexibility index (Phi) is 4.34. The first-order valence-corrected chi connectivity index (χ1v) is 10.2. The standard InChI is InChI=1S/C16H24N2O2Si/c1-16(2,3)21(4,5)20-10-9-12-7-6-8-13-15(12)18-14(11-19)17-13/h6-8,11H,9-10H2,1-5H3,(H,17,18). The van der Waals surface area contributed by atoms with Crippen LogP contribution in [0.25, 0.3) is 11.0 Å². The molecule has 2 rings (SSSR count). The third kappa shape index (κ3) is 3.41. The van der Waals surface area contributed by atoms with E-state index in [1.165, 1.54) is 0 Å². The number of fused-ring (bicyclic) bond motifs is 1. The Morgan fingerprint density at radius 3 is 2.67 bits per heavy atom. The van der Waals surface area contributed by atoms with E-state index in [9.17, 15) is 4.79 Å². The van der Waals surface area contributed by atoms with Gasteiger partial charge in [-0.15, -0.1) is 0 Å². The number of para-hydroxylation sites is 1. The van der Waals surface area contributed by atoms with Crippen molar-refractivity contribution in [3.8, 4) is 0 Å². The molecule has 0 aliphatic heterocycles. The van der Waals surface area contributed by atoms with Crippen molar-refractivity contribution in [3.63, 3.8) is 0 Å². The number of imidazole rings is 1. The fraction of sp³-hybridized carbons (Fsp3) is 0.500. The summed E-state index contributed by atoms with van der Waals surface area (Å²) in [7, 11) is -1.71. The molecular weight excluding hydrogens is 280 g/mol. The van der Waals surface area contributed by atoms with Gasteiger partial charge in [0, 0.05) is 6.61 Å². The summed E-state index contributed by atoms with van der Waals surface area (Å²) in [6, 6.07) is 5.97. The summed E-state index contributed by atoms with van der Waals surface area (Å²) in [4.78, 5) is 18.2. The van der Waals surface area contributed by atoms with Gasteiger partial charge in [0.25, 0.3) is 0 Å². The molecule has 2 aromatic rings. The Morgan fingerprint density at radius 2 is 2.05 bits per heavy atom. The van der Waals surface area contributed by atoms with E-state index in [1.807, 2.05) is 18.2 Å². The van der Waals surface area contributed by atoms with E-state index < -0.39 is 8.32 Å². The summed E-state index contributed by atoms with van der Waals surface area (Å²) in [5.74, 6) is 0.378. The van der Waals surface area contributed by atoms with Gasteiger partial charge in [-0.05, 0) is 36.2 Å². The summed E-state index contributed by atoms with van der Waals surface area (Å²) >= 11 is 0. The minimum absolute atomic E-state index is 0.218. The van der Waals surface area contributed by atoms with Crippen molar-refractivity contribution in [1.82, 2.24) is 9.97 Å². The molecule has 0 fully saturated rings. The number of H-pyrrole nitrogens is 1. The zero-order valence-electron chi connectivity index (χ0n) is 13.5. The maximum absolute atomic E-state index is 10.8. The quantitative estimate of drug-likeness (QED) is 0.672. The van der Waals surface area contributed by atoms with Crippen molar-refractivity contribution in [1.29, 1.82) is 0 Å². The number of carbonyl (C=O) groups is 1. The number of carbonyl (C=O) groups excluding carboxylic acids is 1. The summed E-state index contributed by atoms with van der Waals surface area (Å²) in [5, 5.41) is 0.218. The zero-order chi connectivity index (χ0) is 15.7. The van der Waals surface area contributed by atoms with E-state index >= 15 is 0 Å². The molecule has 0 unspecified atom stereocenters. The highest BCUT2D eigenvalue weighted by atomic mass is 28.4. The maximum Gasteiger partial charge on any atom is 0.191 e.